The van der Waals surface area contributed by atoms with Crippen LogP contribution in [0, 0.1) is 0 Å². The lowest BCUT2D eigenvalue weighted by Gasteiger charge is -2.05. The molecule has 0 bridgehead atoms. The van der Waals surface area contributed by atoms with Gasteiger partial charge in [0.1, 0.15) is 5.75 Å². The number of ether oxygens (including phenoxy) is 1. The monoisotopic (exact) mass is 259 g/mol. The average Bonchev–Trinajstić information content (AvgIpc) is 2.85. The molecule has 0 fully saturated rings. The SMILES string of the molecule is CCCc1cc(NC(=O)COc2ccccc2)n[nH]1. The van der Waals surface area contributed by atoms with Gasteiger partial charge >= 0.3 is 0 Å². The molecule has 19 heavy (non-hydrogen) atoms. The van der Waals surface area contributed by atoms with Gasteiger partial charge in [0.2, 0.25) is 0 Å². The minimum atomic E-state index is -0.224. The number of aryl methyl sites for hydroxylation is 1. The van der Waals surface area contributed by atoms with E-state index >= 15 is 0 Å². The Balaban J connectivity index is 1.80. The zero-order valence-electron chi connectivity index (χ0n) is 10.8. The lowest BCUT2D eigenvalue weighted by molar-refractivity contribution is -0.118. The van der Waals surface area contributed by atoms with Gasteiger partial charge in [-0.1, -0.05) is 31.5 Å². The molecule has 1 heterocycles. The largest absolute Gasteiger partial charge is 0.484 e. The van der Waals surface area contributed by atoms with Crippen LogP contribution < -0.4 is 10.1 Å². The maximum Gasteiger partial charge on any atom is 0.263 e. The van der Waals surface area contributed by atoms with Gasteiger partial charge in [0.25, 0.3) is 5.91 Å². The number of aromatic nitrogens is 2. The van der Waals surface area contributed by atoms with Gasteiger partial charge in [0.05, 0.1) is 0 Å². The van der Waals surface area contributed by atoms with E-state index in [0.717, 1.165) is 18.5 Å². The third-order valence-corrected chi connectivity index (χ3v) is 2.53. The van der Waals surface area contributed by atoms with Gasteiger partial charge in [-0.2, -0.15) is 5.10 Å². The summed E-state index contributed by atoms with van der Waals surface area (Å²) in [6, 6.07) is 11.1. The van der Waals surface area contributed by atoms with Gasteiger partial charge in [-0.05, 0) is 18.6 Å². The fourth-order valence-corrected chi connectivity index (χ4v) is 1.67. The Kier molecular flexibility index (Phi) is 4.55. The molecule has 0 spiro atoms. The molecule has 2 N–H and O–H groups in total. The van der Waals surface area contributed by atoms with E-state index < -0.39 is 0 Å². The van der Waals surface area contributed by atoms with Crippen LogP contribution in [-0.2, 0) is 11.2 Å². The highest BCUT2D eigenvalue weighted by molar-refractivity contribution is 5.90. The molecular formula is C14H17N3O2. The van der Waals surface area contributed by atoms with Gasteiger partial charge < -0.3 is 10.1 Å². The van der Waals surface area contributed by atoms with E-state index in [2.05, 4.69) is 22.4 Å². The summed E-state index contributed by atoms with van der Waals surface area (Å²) in [5.41, 5.74) is 1.02. The number of H-pyrrole nitrogens is 1. The summed E-state index contributed by atoms with van der Waals surface area (Å²) in [7, 11) is 0. The van der Waals surface area contributed by atoms with E-state index in [1.165, 1.54) is 0 Å². The summed E-state index contributed by atoms with van der Waals surface area (Å²) in [6.45, 7) is 2.06. The van der Waals surface area contributed by atoms with Gasteiger partial charge in [-0.15, -0.1) is 0 Å². The van der Waals surface area contributed by atoms with Crippen LogP contribution in [0.5, 0.6) is 5.75 Å². The van der Waals surface area contributed by atoms with Crippen LogP contribution in [0.4, 0.5) is 5.82 Å². The molecule has 0 atom stereocenters. The van der Waals surface area contributed by atoms with Crippen molar-refractivity contribution in [3.8, 4) is 5.75 Å². The number of hydrogen-bond donors (Lipinski definition) is 2. The molecule has 0 saturated heterocycles. The summed E-state index contributed by atoms with van der Waals surface area (Å²) in [5.74, 6) is 0.981. The molecule has 0 aliphatic carbocycles. The third-order valence-electron chi connectivity index (χ3n) is 2.53. The van der Waals surface area contributed by atoms with Crippen molar-refractivity contribution in [1.29, 1.82) is 0 Å². The lowest BCUT2D eigenvalue weighted by atomic mass is 10.2. The molecule has 0 aliphatic rings. The van der Waals surface area contributed by atoms with Crippen molar-refractivity contribution in [2.45, 2.75) is 19.8 Å². The van der Waals surface area contributed by atoms with Crippen LogP contribution in [0.1, 0.15) is 19.0 Å². The average molecular weight is 259 g/mol. The summed E-state index contributed by atoms with van der Waals surface area (Å²) >= 11 is 0. The van der Waals surface area contributed by atoms with E-state index in [-0.39, 0.29) is 12.5 Å². The normalized spacial score (nSPS) is 10.2. The van der Waals surface area contributed by atoms with Crippen LogP contribution >= 0.6 is 0 Å². The fourth-order valence-electron chi connectivity index (χ4n) is 1.67. The van der Waals surface area contributed by atoms with Crippen molar-refractivity contribution in [1.82, 2.24) is 10.2 Å². The number of benzene rings is 1. The number of carbonyl (C=O) groups is 1. The minimum Gasteiger partial charge on any atom is -0.484 e. The zero-order chi connectivity index (χ0) is 13.5. The van der Waals surface area contributed by atoms with Crippen molar-refractivity contribution in [3.05, 3.63) is 42.1 Å². The molecule has 0 saturated carbocycles. The van der Waals surface area contributed by atoms with Crippen molar-refractivity contribution in [3.63, 3.8) is 0 Å². The van der Waals surface area contributed by atoms with E-state index in [4.69, 9.17) is 4.74 Å². The van der Waals surface area contributed by atoms with Gasteiger partial charge in [0.15, 0.2) is 12.4 Å². The number of aromatic amines is 1. The second kappa shape index (κ2) is 6.58. The van der Waals surface area contributed by atoms with E-state index in [0.29, 0.717) is 11.6 Å². The summed E-state index contributed by atoms with van der Waals surface area (Å²) in [5, 5.41) is 9.58. The molecule has 1 amide bonds. The molecule has 5 nitrogen and oxygen atoms in total. The van der Waals surface area contributed by atoms with Crippen LogP contribution in [0.25, 0.3) is 0 Å². The molecular weight excluding hydrogens is 242 g/mol. The van der Waals surface area contributed by atoms with Crippen LogP contribution in [0.15, 0.2) is 36.4 Å². The third kappa shape index (κ3) is 4.13. The summed E-state index contributed by atoms with van der Waals surface area (Å²) < 4.78 is 5.34. The molecule has 0 unspecified atom stereocenters. The maximum absolute atomic E-state index is 11.7. The molecule has 5 heteroatoms. The number of carbonyl (C=O) groups excluding carboxylic acids is 1. The van der Waals surface area contributed by atoms with Gasteiger partial charge in [-0.3, -0.25) is 9.89 Å². The molecule has 2 aromatic rings. The molecule has 2 rings (SSSR count). The standard InChI is InChI=1S/C14H17N3O2/c1-2-6-11-9-13(17-16-11)15-14(18)10-19-12-7-4-3-5-8-12/h3-5,7-9H,2,6,10H2,1H3,(H2,15,16,17,18). The number of nitrogens with zero attached hydrogens (tertiary/aromatic N) is 1. The van der Waals surface area contributed by atoms with Crippen LogP contribution in [-0.4, -0.2) is 22.7 Å². The topological polar surface area (TPSA) is 67.0 Å². The van der Waals surface area contributed by atoms with Crippen molar-refractivity contribution >= 4 is 11.7 Å². The summed E-state index contributed by atoms with van der Waals surface area (Å²) in [6.07, 6.45) is 1.95. The van der Waals surface area contributed by atoms with Gasteiger partial charge in [-0.25, -0.2) is 0 Å². The molecule has 100 valence electrons. The Morgan fingerprint density at radius 2 is 2.16 bits per heavy atom. The Morgan fingerprint density at radius 1 is 1.37 bits per heavy atom. The molecule has 1 aromatic heterocycles. The van der Waals surface area contributed by atoms with Crippen molar-refractivity contribution in [2.24, 2.45) is 0 Å². The predicted molar refractivity (Wildman–Crippen MR) is 73.1 cm³/mol. The second-order valence-corrected chi connectivity index (χ2v) is 4.18. The number of anilines is 1. The number of rotatable bonds is 6. The zero-order valence-corrected chi connectivity index (χ0v) is 10.8. The molecule has 0 aliphatic heterocycles. The fraction of sp³-hybridized carbons (Fsp3) is 0.286. The highest BCUT2D eigenvalue weighted by atomic mass is 16.5. The Hall–Kier alpha value is -2.30. The number of para-hydroxylation sites is 1. The molecule has 1 aromatic carbocycles. The predicted octanol–water partition coefficient (Wildman–Crippen LogP) is 2.38. The quantitative estimate of drug-likeness (QED) is 0.837. The highest BCUT2D eigenvalue weighted by Crippen LogP contribution is 2.09. The lowest BCUT2D eigenvalue weighted by Crippen LogP contribution is -2.20. The Bertz CT molecular complexity index is 522. The summed E-state index contributed by atoms with van der Waals surface area (Å²) in [4.78, 5) is 11.7. The van der Waals surface area contributed by atoms with Crippen LogP contribution in [0.3, 0.4) is 0 Å². The number of hydrogen-bond acceptors (Lipinski definition) is 3. The van der Waals surface area contributed by atoms with E-state index in [1.54, 1.807) is 12.1 Å². The molecule has 0 radical (unpaired) electrons. The first-order valence-electron chi connectivity index (χ1n) is 6.30. The van der Waals surface area contributed by atoms with E-state index in [1.807, 2.05) is 24.3 Å². The number of amides is 1. The minimum absolute atomic E-state index is 0.0278. The first-order valence-corrected chi connectivity index (χ1v) is 6.30. The van der Waals surface area contributed by atoms with Crippen molar-refractivity contribution in [2.75, 3.05) is 11.9 Å². The first kappa shape index (κ1) is 13.1. The first-order chi connectivity index (χ1) is 9.28. The Labute approximate surface area is 112 Å². The second-order valence-electron chi connectivity index (χ2n) is 4.18. The van der Waals surface area contributed by atoms with Crippen LogP contribution in [0.2, 0.25) is 0 Å². The van der Waals surface area contributed by atoms with Gasteiger partial charge in [0, 0.05) is 11.8 Å². The maximum atomic E-state index is 11.7. The smallest absolute Gasteiger partial charge is 0.263 e. The van der Waals surface area contributed by atoms with E-state index in [9.17, 15) is 4.79 Å². The van der Waals surface area contributed by atoms with Crippen molar-refractivity contribution < 1.29 is 9.53 Å². The highest BCUT2D eigenvalue weighted by Gasteiger charge is 2.06. The number of nitrogens with one attached hydrogen (secondary N) is 2. The Morgan fingerprint density at radius 3 is 2.89 bits per heavy atom.